The fraction of sp³-hybridized carbons (Fsp3) is 0.500. The average molecular weight is 289 g/mol. The van der Waals surface area contributed by atoms with Gasteiger partial charge >= 0.3 is 0 Å². The minimum atomic E-state index is 0.664. The van der Waals surface area contributed by atoms with Crippen molar-refractivity contribution in [3.05, 3.63) is 29.2 Å². The number of aromatic amines is 1. The van der Waals surface area contributed by atoms with Crippen LogP contribution in [0.4, 0.5) is 0 Å². The summed E-state index contributed by atoms with van der Waals surface area (Å²) in [7, 11) is 0. The first kappa shape index (κ1) is 13.5. The molecule has 2 aromatic rings. The molecule has 0 saturated heterocycles. The summed E-state index contributed by atoms with van der Waals surface area (Å²) in [5, 5.41) is 7.19. The summed E-state index contributed by atoms with van der Waals surface area (Å²) < 4.78 is 2.71. The van der Waals surface area contributed by atoms with Crippen molar-refractivity contribution in [1.82, 2.24) is 24.6 Å². The molecule has 0 spiro atoms. The average Bonchev–Trinajstić information content (AvgIpc) is 3.25. The van der Waals surface area contributed by atoms with E-state index in [4.69, 9.17) is 12.2 Å². The molecule has 5 nitrogen and oxygen atoms in total. The molecule has 0 atom stereocenters. The molecule has 106 valence electrons. The third kappa shape index (κ3) is 2.81. The lowest BCUT2D eigenvalue weighted by molar-refractivity contribution is 0.266. The number of hydrogen-bond donors (Lipinski definition) is 1. The lowest BCUT2D eigenvalue weighted by Gasteiger charge is -2.20. The molecule has 1 saturated carbocycles. The van der Waals surface area contributed by atoms with Crippen LogP contribution in [0.1, 0.15) is 19.8 Å². The highest BCUT2D eigenvalue weighted by Gasteiger charge is 2.27. The number of pyridine rings is 1. The van der Waals surface area contributed by atoms with Gasteiger partial charge in [-0.15, -0.1) is 0 Å². The first-order valence-corrected chi connectivity index (χ1v) is 7.51. The summed E-state index contributed by atoms with van der Waals surface area (Å²) in [5.41, 5.74) is 0.856. The highest BCUT2D eigenvalue weighted by molar-refractivity contribution is 7.71. The molecular weight excluding hydrogens is 270 g/mol. The van der Waals surface area contributed by atoms with Crippen LogP contribution in [0.15, 0.2) is 24.4 Å². The van der Waals surface area contributed by atoms with Crippen molar-refractivity contribution >= 4 is 12.2 Å². The molecule has 0 unspecified atom stereocenters. The zero-order chi connectivity index (χ0) is 13.9. The number of rotatable bonds is 6. The fourth-order valence-corrected chi connectivity index (χ4v) is 2.71. The molecule has 1 aliphatic carbocycles. The van der Waals surface area contributed by atoms with Gasteiger partial charge < -0.3 is 0 Å². The maximum atomic E-state index is 5.34. The molecular formula is C14H19N5S. The van der Waals surface area contributed by atoms with E-state index in [1.807, 2.05) is 22.8 Å². The Kier molecular flexibility index (Phi) is 3.93. The Hall–Kier alpha value is -1.53. The van der Waals surface area contributed by atoms with Crippen LogP contribution < -0.4 is 0 Å². The van der Waals surface area contributed by atoms with E-state index in [-0.39, 0.29) is 0 Å². The Bertz CT molecular complexity index is 614. The van der Waals surface area contributed by atoms with Crippen LogP contribution in [0.25, 0.3) is 11.5 Å². The normalized spacial score (nSPS) is 14.9. The van der Waals surface area contributed by atoms with E-state index in [0.717, 1.165) is 37.2 Å². The highest BCUT2D eigenvalue weighted by atomic mass is 32.1. The van der Waals surface area contributed by atoms with Crippen molar-refractivity contribution in [3.8, 4) is 11.5 Å². The molecule has 20 heavy (non-hydrogen) atoms. The Morgan fingerprint density at radius 1 is 1.45 bits per heavy atom. The zero-order valence-electron chi connectivity index (χ0n) is 11.6. The predicted octanol–water partition coefficient (Wildman–Crippen LogP) is 2.49. The first-order valence-electron chi connectivity index (χ1n) is 7.10. The molecule has 2 heterocycles. The maximum Gasteiger partial charge on any atom is 0.195 e. The van der Waals surface area contributed by atoms with E-state index in [1.165, 1.54) is 12.8 Å². The summed E-state index contributed by atoms with van der Waals surface area (Å²) >= 11 is 5.34. The Morgan fingerprint density at radius 3 is 2.95 bits per heavy atom. The first-order chi connectivity index (χ1) is 9.79. The van der Waals surface area contributed by atoms with Gasteiger partial charge in [0.1, 0.15) is 5.69 Å². The second kappa shape index (κ2) is 5.85. The third-order valence-corrected chi connectivity index (χ3v) is 4.04. The quantitative estimate of drug-likeness (QED) is 0.830. The molecule has 1 aliphatic rings. The molecule has 0 amide bonds. The monoisotopic (exact) mass is 289 g/mol. The summed E-state index contributed by atoms with van der Waals surface area (Å²) in [6, 6.07) is 6.60. The lowest BCUT2D eigenvalue weighted by Crippen LogP contribution is -2.29. The van der Waals surface area contributed by atoms with Crippen LogP contribution in [0.5, 0.6) is 0 Å². The molecule has 0 aliphatic heterocycles. The summed E-state index contributed by atoms with van der Waals surface area (Å²) in [4.78, 5) is 6.87. The Labute approximate surface area is 123 Å². The van der Waals surface area contributed by atoms with Gasteiger partial charge in [-0.3, -0.25) is 19.5 Å². The van der Waals surface area contributed by atoms with E-state index in [2.05, 4.69) is 27.0 Å². The molecule has 2 aromatic heterocycles. The van der Waals surface area contributed by atoms with Gasteiger partial charge in [0, 0.05) is 25.3 Å². The number of likely N-dealkylation sites (N-methyl/N-ethyl adjacent to an activating group) is 1. The standard InChI is InChI=1S/C14H19N5S/c1-2-18(11-6-7-11)9-10-19-13(16-17-14(19)20)12-5-3-4-8-15-12/h3-5,8,11H,2,6-7,9-10H2,1H3,(H,17,20). The van der Waals surface area contributed by atoms with Gasteiger partial charge in [-0.05, 0) is 43.7 Å². The van der Waals surface area contributed by atoms with Crippen LogP contribution >= 0.6 is 12.2 Å². The topological polar surface area (TPSA) is 49.7 Å². The smallest absolute Gasteiger partial charge is 0.195 e. The van der Waals surface area contributed by atoms with Gasteiger partial charge in [0.05, 0.1) is 0 Å². The minimum Gasteiger partial charge on any atom is -0.299 e. The number of hydrogen-bond acceptors (Lipinski definition) is 4. The summed E-state index contributed by atoms with van der Waals surface area (Å²) in [6.45, 7) is 5.17. The number of nitrogens with one attached hydrogen (secondary N) is 1. The van der Waals surface area contributed by atoms with Crippen LogP contribution in [-0.2, 0) is 6.54 Å². The van der Waals surface area contributed by atoms with Gasteiger partial charge in [-0.1, -0.05) is 13.0 Å². The molecule has 0 bridgehead atoms. The van der Waals surface area contributed by atoms with E-state index in [1.54, 1.807) is 6.20 Å². The molecule has 0 aromatic carbocycles. The largest absolute Gasteiger partial charge is 0.299 e. The van der Waals surface area contributed by atoms with Gasteiger partial charge in [0.2, 0.25) is 0 Å². The molecule has 1 N–H and O–H groups in total. The molecule has 0 radical (unpaired) electrons. The van der Waals surface area contributed by atoms with E-state index in [9.17, 15) is 0 Å². The van der Waals surface area contributed by atoms with Crippen LogP contribution in [0.3, 0.4) is 0 Å². The second-order valence-electron chi connectivity index (χ2n) is 5.08. The zero-order valence-corrected chi connectivity index (χ0v) is 12.4. The van der Waals surface area contributed by atoms with Crippen LogP contribution in [0.2, 0.25) is 0 Å². The van der Waals surface area contributed by atoms with E-state index < -0.39 is 0 Å². The fourth-order valence-electron chi connectivity index (χ4n) is 2.48. The number of aromatic nitrogens is 4. The lowest BCUT2D eigenvalue weighted by atomic mass is 10.3. The summed E-state index contributed by atoms with van der Waals surface area (Å²) in [5.74, 6) is 0.822. The Morgan fingerprint density at radius 2 is 2.30 bits per heavy atom. The SMILES string of the molecule is CCN(CCn1c(-c2ccccn2)n[nH]c1=S)C1CC1. The van der Waals surface area contributed by atoms with E-state index >= 15 is 0 Å². The van der Waals surface area contributed by atoms with Crippen molar-refractivity contribution in [2.75, 3.05) is 13.1 Å². The maximum absolute atomic E-state index is 5.34. The highest BCUT2D eigenvalue weighted by Crippen LogP contribution is 2.26. The number of nitrogens with zero attached hydrogens (tertiary/aromatic N) is 4. The van der Waals surface area contributed by atoms with Gasteiger partial charge in [0.25, 0.3) is 0 Å². The minimum absolute atomic E-state index is 0.664. The van der Waals surface area contributed by atoms with Gasteiger partial charge in [-0.2, -0.15) is 5.10 Å². The van der Waals surface area contributed by atoms with Crippen molar-refractivity contribution in [1.29, 1.82) is 0 Å². The summed E-state index contributed by atoms with van der Waals surface area (Å²) in [6.07, 6.45) is 4.44. The van der Waals surface area contributed by atoms with Gasteiger partial charge in [0.15, 0.2) is 10.6 Å². The van der Waals surface area contributed by atoms with Crippen molar-refractivity contribution in [3.63, 3.8) is 0 Å². The van der Waals surface area contributed by atoms with Crippen molar-refractivity contribution < 1.29 is 0 Å². The molecule has 6 heteroatoms. The molecule has 3 rings (SSSR count). The second-order valence-corrected chi connectivity index (χ2v) is 5.47. The van der Waals surface area contributed by atoms with Crippen molar-refractivity contribution in [2.45, 2.75) is 32.4 Å². The third-order valence-electron chi connectivity index (χ3n) is 3.73. The van der Waals surface area contributed by atoms with Gasteiger partial charge in [-0.25, -0.2) is 0 Å². The van der Waals surface area contributed by atoms with Crippen molar-refractivity contribution in [2.24, 2.45) is 0 Å². The van der Waals surface area contributed by atoms with Crippen LogP contribution in [-0.4, -0.2) is 43.8 Å². The Balaban J connectivity index is 1.79. The van der Waals surface area contributed by atoms with E-state index in [0.29, 0.717) is 4.77 Å². The van der Waals surface area contributed by atoms with Crippen LogP contribution in [0, 0.1) is 4.77 Å². The number of H-pyrrole nitrogens is 1. The predicted molar refractivity (Wildman–Crippen MR) is 80.9 cm³/mol. The molecule has 1 fully saturated rings.